The largest absolute Gasteiger partial charge is 0.382 e. The third-order valence-corrected chi connectivity index (χ3v) is 3.14. The number of nitro groups is 1. The summed E-state index contributed by atoms with van der Waals surface area (Å²) < 4.78 is 0.508. The standard InChI is InChI=1S/C11H15BrN2O2/c1-3-8(4-2)13-9-5-6-11(14(15)16)10(12)7-9/h5-8,13H,3-4H2,1-2H3. The maximum atomic E-state index is 10.6. The lowest BCUT2D eigenvalue weighted by Gasteiger charge is -2.16. The highest BCUT2D eigenvalue weighted by Crippen LogP contribution is 2.28. The molecule has 0 saturated carbocycles. The summed E-state index contributed by atoms with van der Waals surface area (Å²) in [6, 6.07) is 5.40. The minimum absolute atomic E-state index is 0.0927. The van der Waals surface area contributed by atoms with Crippen molar-refractivity contribution in [2.24, 2.45) is 0 Å². The first kappa shape index (κ1) is 13.0. The molecule has 0 fully saturated rings. The number of halogens is 1. The monoisotopic (exact) mass is 286 g/mol. The van der Waals surface area contributed by atoms with Crippen molar-refractivity contribution in [2.45, 2.75) is 32.7 Å². The van der Waals surface area contributed by atoms with E-state index in [-0.39, 0.29) is 5.69 Å². The van der Waals surface area contributed by atoms with E-state index in [1.807, 2.05) is 0 Å². The lowest BCUT2D eigenvalue weighted by molar-refractivity contribution is -0.385. The highest BCUT2D eigenvalue weighted by atomic mass is 79.9. The summed E-state index contributed by atoms with van der Waals surface area (Å²) in [5.41, 5.74) is 1.00. The van der Waals surface area contributed by atoms with E-state index in [1.165, 1.54) is 6.07 Å². The van der Waals surface area contributed by atoms with Crippen LogP contribution >= 0.6 is 15.9 Å². The average Bonchev–Trinajstić information content (AvgIpc) is 2.25. The second-order valence-corrected chi connectivity index (χ2v) is 4.44. The summed E-state index contributed by atoms with van der Waals surface area (Å²) >= 11 is 3.20. The van der Waals surface area contributed by atoms with Crippen molar-refractivity contribution >= 4 is 27.3 Å². The number of anilines is 1. The number of nitro benzene ring substituents is 1. The van der Waals surface area contributed by atoms with Gasteiger partial charge in [-0.15, -0.1) is 0 Å². The summed E-state index contributed by atoms with van der Waals surface area (Å²) in [5.74, 6) is 0. The molecule has 0 radical (unpaired) electrons. The highest BCUT2D eigenvalue weighted by Gasteiger charge is 2.12. The molecule has 0 atom stereocenters. The molecule has 0 aliphatic carbocycles. The van der Waals surface area contributed by atoms with Gasteiger partial charge in [-0.25, -0.2) is 0 Å². The molecule has 5 heteroatoms. The molecule has 88 valence electrons. The quantitative estimate of drug-likeness (QED) is 0.658. The topological polar surface area (TPSA) is 55.2 Å². The third-order valence-electron chi connectivity index (χ3n) is 2.50. The van der Waals surface area contributed by atoms with Crippen LogP contribution < -0.4 is 5.32 Å². The van der Waals surface area contributed by atoms with Crippen molar-refractivity contribution < 1.29 is 4.92 Å². The SMILES string of the molecule is CCC(CC)Nc1ccc([N+](=O)[O-])c(Br)c1. The summed E-state index contributed by atoms with van der Waals surface area (Å²) in [5, 5.41) is 14.0. The van der Waals surface area contributed by atoms with Crippen LogP contribution in [0.5, 0.6) is 0 Å². The lowest BCUT2D eigenvalue weighted by atomic mass is 10.1. The van der Waals surface area contributed by atoms with Crippen LogP contribution in [0, 0.1) is 10.1 Å². The maximum absolute atomic E-state index is 10.6. The minimum Gasteiger partial charge on any atom is -0.382 e. The van der Waals surface area contributed by atoms with Gasteiger partial charge in [0.2, 0.25) is 0 Å². The first-order valence-corrected chi connectivity index (χ1v) is 6.08. The van der Waals surface area contributed by atoms with Gasteiger partial charge in [-0.1, -0.05) is 13.8 Å². The van der Waals surface area contributed by atoms with Crippen molar-refractivity contribution in [1.82, 2.24) is 0 Å². The molecule has 1 rings (SSSR count). The van der Waals surface area contributed by atoms with Gasteiger partial charge in [0.25, 0.3) is 5.69 Å². The Hall–Kier alpha value is -1.10. The van der Waals surface area contributed by atoms with E-state index < -0.39 is 4.92 Å². The van der Waals surface area contributed by atoms with Crippen LogP contribution in [0.25, 0.3) is 0 Å². The van der Waals surface area contributed by atoms with Crippen LogP contribution in [-0.2, 0) is 0 Å². The van der Waals surface area contributed by atoms with Gasteiger partial charge in [0.1, 0.15) is 0 Å². The molecule has 0 heterocycles. The van der Waals surface area contributed by atoms with E-state index in [1.54, 1.807) is 12.1 Å². The number of benzene rings is 1. The van der Waals surface area contributed by atoms with Crippen LogP contribution in [-0.4, -0.2) is 11.0 Å². The number of hydrogen-bond donors (Lipinski definition) is 1. The number of rotatable bonds is 5. The summed E-state index contributed by atoms with van der Waals surface area (Å²) in [6.45, 7) is 4.23. The zero-order chi connectivity index (χ0) is 12.1. The summed E-state index contributed by atoms with van der Waals surface area (Å²) in [4.78, 5) is 10.2. The van der Waals surface area contributed by atoms with Crippen molar-refractivity contribution in [1.29, 1.82) is 0 Å². The van der Waals surface area contributed by atoms with Crippen LogP contribution in [0.15, 0.2) is 22.7 Å². The lowest BCUT2D eigenvalue weighted by Crippen LogP contribution is -2.16. The summed E-state index contributed by atoms with van der Waals surface area (Å²) in [7, 11) is 0. The Morgan fingerprint density at radius 2 is 2.06 bits per heavy atom. The zero-order valence-electron chi connectivity index (χ0n) is 9.37. The van der Waals surface area contributed by atoms with E-state index in [2.05, 4.69) is 35.1 Å². The van der Waals surface area contributed by atoms with Gasteiger partial charge in [0.05, 0.1) is 9.40 Å². The van der Waals surface area contributed by atoms with Crippen LogP contribution in [0.2, 0.25) is 0 Å². The van der Waals surface area contributed by atoms with E-state index in [0.717, 1.165) is 18.5 Å². The van der Waals surface area contributed by atoms with Gasteiger partial charge in [-0.2, -0.15) is 0 Å². The van der Waals surface area contributed by atoms with Gasteiger partial charge in [0, 0.05) is 17.8 Å². The fourth-order valence-electron chi connectivity index (χ4n) is 1.47. The van der Waals surface area contributed by atoms with Crippen LogP contribution in [0.4, 0.5) is 11.4 Å². The van der Waals surface area contributed by atoms with Crippen molar-refractivity contribution in [3.63, 3.8) is 0 Å². The molecule has 0 saturated heterocycles. The smallest absolute Gasteiger partial charge is 0.283 e. The Bertz CT molecular complexity index is 378. The van der Waals surface area contributed by atoms with Gasteiger partial charge >= 0.3 is 0 Å². The molecule has 16 heavy (non-hydrogen) atoms. The van der Waals surface area contributed by atoms with E-state index in [4.69, 9.17) is 0 Å². The fraction of sp³-hybridized carbons (Fsp3) is 0.455. The molecule has 0 aliphatic rings. The number of nitrogens with zero attached hydrogens (tertiary/aromatic N) is 1. The average molecular weight is 287 g/mol. The first-order valence-electron chi connectivity index (χ1n) is 5.29. The normalized spacial score (nSPS) is 10.5. The minimum atomic E-state index is -0.398. The van der Waals surface area contributed by atoms with Crippen molar-refractivity contribution in [3.05, 3.63) is 32.8 Å². The molecule has 4 nitrogen and oxygen atoms in total. The van der Waals surface area contributed by atoms with Crippen molar-refractivity contribution in [3.8, 4) is 0 Å². The Morgan fingerprint density at radius 1 is 1.44 bits per heavy atom. The molecule has 0 aromatic heterocycles. The highest BCUT2D eigenvalue weighted by molar-refractivity contribution is 9.10. The maximum Gasteiger partial charge on any atom is 0.283 e. The molecule has 1 aromatic carbocycles. The third kappa shape index (κ3) is 3.20. The van der Waals surface area contributed by atoms with E-state index in [0.29, 0.717) is 10.5 Å². The molecule has 0 aliphatic heterocycles. The number of nitrogens with one attached hydrogen (secondary N) is 1. The predicted molar refractivity (Wildman–Crippen MR) is 68.8 cm³/mol. The first-order chi connectivity index (χ1) is 7.58. The second-order valence-electron chi connectivity index (χ2n) is 3.58. The fourth-order valence-corrected chi connectivity index (χ4v) is 2.00. The van der Waals surface area contributed by atoms with Gasteiger partial charge in [-0.05, 0) is 40.9 Å². The van der Waals surface area contributed by atoms with Crippen molar-refractivity contribution in [2.75, 3.05) is 5.32 Å². The Kier molecular flexibility index (Phi) is 4.73. The summed E-state index contributed by atoms with van der Waals surface area (Å²) in [6.07, 6.45) is 2.07. The Labute approximate surface area is 103 Å². The second kappa shape index (κ2) is 5.84. The molecular formula is C11H15BrN2O2. The van der Waals surface area contributed by atoms with Gasteiger partial charge < -0.3 is 5.32 Å². The van der Waals surface area contributed by atoms with E-state index in [9.17, 15) is 10.1 Å². The molecular weight excluding hydrogens is 272 g/mol. The molecule has 1 N–H and O–H groups in total. The molecule has 1 aromatic rings. The van der Waals surface area contributed by atoms with Gasteiger partial charge in [-0.3, -0.25) is 10.1 Å². The molecule has 0 amide bonds. The molecule has 0 unspecified atom stereocenters. The van der Waals surface area contributed by atoms with E-state index >= 15 is 0 Å². The Morgan fingerprint density at radius 3 is 2.50 bits per heavy atom. The zero-order valence-corrected chi connectivity index (χ0v) is 11.0. The molecule has 0 spiro atoms. The number of hydrogen-bond acceptors (Lipinski definition) is 3. The van der Waals surface area contributed by atoms with Crippen LogP contribution in [0.3, 0.4) is 0 Å². The molecule has 0 bridgehead atoms. The predicted octanol–water partition coefficient (Wildman–Crippen LogP) is 3.96. The van der Waals surface area contributed by atoms with Gasteiger partial charge in [0.15, 0.2) is 0 Å². The van der Waals surface area contributed by atoms with Crippen LogP contribution in [0.1, 0.15) is 26.7 Å². The Balaban J connectivity index is 2.84.